The van der Waals surface area contributed by atoms with Crippen LogP contribution in [0.4, 0.5) is 4.79 Å². The average Bonchev–Trinajstić information content (AvgIpc) is 2.24. The molecule has 88 valence electrons. The number of ether oxygens (including phenoxy) is 1. The fourth-order valence-electron chi connectivity index (χ4n) is 1.52. The Morgan fingerprint density at radius 1 is 1.47 bits per heavy atom. The molecular formula is C12H11IN2O2. The van der Waals surface area contributed by atoms with Gasteiger partial charge in [-0.25, -0.2) is 4.79 Å². The maximum atomic E-state index is 11.6. The first kappa shape index (κ1) is 12.2. The highest BCUT2D eigenvalue weighted by Gasteiger charge is 2.26. The van der Waals surface area contributed by atoms with Crippen LogP contribution in [0.3, 0.4) is 0 Å². The summed E-state index contributed by atoms with van der Waals surface area (Å²) in [6, 6.07) is 9.43. The zero-order valence-electron chi connectivity index (χ0n) is 9.10. The van der Waals surface area contributed by atoms with Crippen molar-refractivity contribution in [2.75, 3.05) is 13.1 Å². The van der Waals surface area contributed by atoms with Crippen molar-refractivity contribution in [2.24, 2.45) is 0 Å². The first-order chi connectivity index (χ1) is 8.22. The second-order valence-electron chi connectivity index (χ2n) is 3.76. The summed E-state index contributed by atoms with van der Waals surface area (Å²) in [5, 5.41) is 9.08. The zero-order valence-corrected chi connectivity index (χ0v) is 11.3. The Kier molecular flexibility index (Phi) is 3.84. The molecule has 1 saturated heterocycles. The molecule has 0 spiro atoms. The monoisotopic (exact) mass is 342 g/mol. The van der Waals surface area contributed by atoms with Gasteiger partial charge in [-0.1, -0.05) is 18.2 Å². The normalized spacial score (nSPS) is 15.6. The number of carbonyl (C=O) groups is 1. The van der Waals surface area contributed by atoms with Gasteiger partial charge in [-0.15, -0.1) is 0 Å². The molecule has 0 saturated carbocycles. The third-order valence-corrected chi connectivity index (χ3v) is 3.62. The summed E-state index contributed by atoms with van der Waals surface area (Å²) < 4.78 is 6.12. The van der Waals surface area contributed by atoms with Crippen LogP contribution in [0.25, 0.3) is 0 Å². The number of hydrogen-bond donors (Lipinski definition) is 0. The Hall–Kier alpha value is -1.29. The molecule has 1 atom stereocenters. The molecule has 5 heteroatoms. The van der Waals surface area contributed by atoms with Gasteiger partial charge in [0, 0.05) is 22.2 Å². The van der Waals surface area contributed by atoms with Crippen LogP contribution in [0.1, 0.15) is 18.1 Å². The highest BCUT2D eigenvalue weighted by molar-refractivity contribution is 14.1. The SMILES string of the molecule is N#CC(OC(=O)N1CCC1)c1ccccc1I. The molecule has 2 rings (SSSR count). The summed E-state index contributed by atoms with van der Waals surface area (Å²) >= 11 is 2.13. The van der Waals surface area contributed by atoms with Crippen LogP contribution in [0.15, 0.2) is 24.3 Å². The number of nitriles is 1. The molecule has 1 aromatic carbocycles. The Morgan fingerprint density at radius 2 is 2.18 bits per heavy atom. The number of halogens is 1. The summed E-state index contributed by atoms with van der Waals surface area (Å²) in [5.41, 5.74) is 0.740. The lowest BCUT2D eigenvalue weighted by atomic mass is 10.1. The van der Waals surface area contributed by atoms with Gasteiger partial charge in [0.25, 0.3) is 0 Å². The molecule has 0 radical (unpaired) electrons. The summed E-state index contributed by atoms with van der Waals surface area (Å²) in [6.45, 7) is 1.45. The molecule has 1 fully saturated rings. The quantitative estimate of drug-likeness (QED) is 0.777. The average molecular weight is 342 g/mol. The highest BCUT2D eigenvalue weighted by atomic mass is 127. The van der Waals surface area contributed by atoms with E-state index in [2.05, 4.69) is 22.6 Å². The van der Waals surface area contributed by atoms with Crippen molar-refractivity contribution in [1.29, 1.82) is 5.26 Å². The summed E-state index contributed by atoms with van der Waals surface area (Å²) in [5.74, 6) is 0. The van der Waals surface area contributed by atoms with Gasteiger partial charge in [0.05, 0.1) is 0 Å². The van der Waals surface area contributed by atoms with Crippen LogP contribution < -0.4 is 0 Å². The minimum Gasteiger partial charge on any atom is -0.426 e. The number of nitrogens with zero attached hydrogens (tertiary/aromatic N) is 2. The minimum atomic E-state index is -0.823. The van der Waals surface area contributed by atoms with Crippen LogP contribution >= 0.6 is 22.6 Å². The van der Waals surface area contributed by atoms with Gasteiger partial charge >= 0.3 is 6.09 Å². The third kappa shape index (κ3) is 2.69. The summed E-state index contributed by atoms with van der Waals surface area (Å²) in [4.78, 5) is 13.2. The van der Waals surface area contributed by atoms with Gasteiger partial charge < -0.3 is 9.64 Å². The fraction of sp³-hybridized carbons (Fsp3) is 0.333. The van der Waals surface area contributed by atoms with E-state index < -0.39 is 12.2 Å². The fourth-order valence-corrected chi connectivity index (χ4v) is 2.19. The van der Waals surface area contributed by atoms with E-state index in [1.807, 2.05) is 24.3 Å². The standard InChI is InChI=1S/C12H11IN2O2/c13-10-5-2-1-4-9(10)11(8-14)17-12(16)15-6-3-7-15/h1-2,4-5,11H,3,6-7H2. The predicted molar refractivity (Wildman–Crippen MR) is 70.2 cm³/mol. The van der Waals surface area contributed by atoms with E-state index in [4.69, 9.17) is 10.00 Å². The zero-order chi connectivity index (χ0) is 12.3. The third-order valence-electron chi connectivity index (χ3n) is 2.64. The first-order valence-corrected chi connectivity index (χ1v) is 6.40. The second-order valence-corrected chi connectivity index (χ2v) is 4.92. The van der Waals surface area contributed by atoms with Crippen LogP contribution in [-0.2, 0) is 4.74 Å². The lowest BCUT2D eigenvalue weighted by Crippen LogP contribution is -2.42. The number of rotatable bonds is 2. The summed E-state index contributed by atoms with van der Waals surface area (Å²) in [6.07, 6.45) is -0.214. The number of benzene rings is 1. The molecule has 1 unspecified atom stereocenters. The lowest BCUT2D eigenvalue weighted by molar-refractivity contribution is 0.0633. The van der Waals surface area contributed by atoms with Crippen LogP contribution in [-0.4, -0.2) is 24.1 Å². The van der Waals surface area contributed by atoms with Crippen molar-refractivity contribution in [3.63, 3.8) is 0 Å². The number of hydrogen-bond acceptors (Lipinski definition) is 3. The van der Waals surface area contributed by atoms with E-state index >= 15 is 0 Å². The van der Waals surface area contributed by atoms with Crippen molar-refractivity contribution in [1.82, 2.24) is 4.90 Å². The smallest absolute Gasteiger partial charge is 0.411 e. The molecule has 1 heterocycles. The summed E-state index contributed by atoms with van der Waals surface area (Å²) in [7, 11) is 0. The Morgan fingerprint density at radius 3 is 2.71 bits per heavy atom. The Labute approximate surface area is 113 Å². The van der Waals surface area contributed by atoms with E-state index in [-0.39, 0.29) is 0 Å². The molecule has 4 nitrogen and oxygen atoms in total. The van der Waals surface area contributed by atoms with Crippen LogP contribution in [0.2, 0.25) is 0 Å². The number of amides is 1. The van der Waals surface area contributed by atoms with Gasteiger partial charge in [0.15, 0.2) is 0 Å². The van der Waals surface area contributed by atoms with Crippen LogP contribution in [0.5, 0.6) is 0 Å². The molecule has 17 heavy (non-hydrogen) atoms. The maximum absolute atomic E-state index is 11.6. The highest BCUT2D eigenvalue weighted by Crippen LogP contribution is 2.23. The topological polar surface area (TPSA) is 53.3 Å². The van der Waals surface area contributed by atoms with Crippen molar-refractivity contribution >= 4 is 28.7 Å². The van der Waals surface area contributed by atoms with E-state index in [9.17, 15) is 4.79 Å². The second kappa shape index (κ2) is 5.36. The van der Waals surface area contributed by atoms with Gasteiger partial charge in [0.1, 0.15) is 6.07 Å². The molecule has 1 aliphatic heterocycles. The maximum Gasteiger partial charge on any atom is 0.411 e. The molecule has 0 bridgehead atoms. The van der Waals surface area contributed by atoms with Crippen molar-refractivity contribution in [3.05, 3.63) is 33.4 Å². The van der Waals surface area contributed by atoms with E-state index in [0.717, 1.165) is 28.6 Å². The van der Waals surface area contributed by atoms with Gasteiger partial charge in [-0.05, 0) is 35.1 Å². The molecule has 1 amide bonds. The van der Waals surface area contributed by atoms with E-state index in [0.29, 0.717) is 0 Å². The van der Waals surface area contributed by atoms with Gasteiger partial charge in [-0.2, -0.15) is 5.26 Å². The molecular weight excluding hydrogens is 331 g/mol. The predicted octanol–water partition coefficient (Wildman–Crippen LogP) is 2.70. The molecule has 0 aliphatic carbocycles. The van der Waals surface area contributed by atoms with Crippen molar-refractivity contribution in [2.45, 2.75) is 12.5 Å². The number of likely N-dealkylation sites (tertiary alicyclic amines) is 1. The largest absolute Gasteiger partial charge is 0.426 e. The van der Waals surface area contributed by atoms with E-state index in [1.165, 1.54) is 0 Å². The Balaban J connectivity index is 2.09. The molecule has 0 aromatic heterocycles. The first-order valence-electron chi connectivity index (χ1n) is 5.32. The van der Waals surface area contributed by atoms with Gasteiger partial charge in [0.2, 0.25) is 6.10 Å². The molecule has 1 aromatic rings. The van der Waals surface area contributed by atoms with Crippen LogP contribution in [0, 0.1) is 14.9 Å². The molecule has 0 N–H and O–H groups in total. The number of carbonyl (C=O) groups excluding carboxylic acids is 1. The van der Waals surface area contributed by atoms with Gasteiger partial charge in [-0.3, -0.25) is 0 Å². The molecule has 1 aliphatic rings. The van der Waals surface area contributed by atoms with Crippen molar-refractivity contribution < 1.29 is 9.53 Å². The minimum absolute atomic E-state index is 0.401. The Bertz CT molecular complexity index is 466. The van der Waals surface area contributed by atoms with Crippen molar-refractivity contribution in [3.8, 4) is 6.07 Å². The lowest BCUT2D eigenvalue weighted by Gasteiger charge is -2.30. The van der Waals surface area contributed by atoms with E-state index in [1.54, 1.807) is 11.0 Å².